The average Bonchev–Trinajstić information content (AvgIpc) is 3.02. The van der Waals surface area contributed by atoms with E-state index in [0.717, 1.165) is 52.2 Å². The summed E-state index contributed by atoms with van der Waals surface area (Å²) in [6.07, 6.45) is 2.92. The largest absolute Gasteiger partial charge is 0.342 e. The van der Waals surface area contributed by atoms with Crippen molar-refractivity contribution in [2.45, 2.75) is 39.2 Å². The summed E-state index contributed by atoms with van der Waals surface area (Å²) < 4.78 is 0. The Bertz CT molecular complexity index is 380. The smallest absolute Gasteiger partial charge is 0.236 e. The maximum absolute atomic E-state index is 12.3. The second kappa shape index (κ2) is 11.9. The summed E-state index contributed by atoms with van der Waals surface area (Å²) in [5, 5.41) is 3.38. The van der Waals surface area contributed by atoms with Crippen LogP contribution in [0.4, 0.5) is 0 Å². The number of rotatable bonds is 6. The number of carbonyl (C=O) groups excluding carboxylic acids is 2. The molecule has 2 rings (SSSR count). The van der Waals surface area contributed by atoms with Gasteiger partial charge < -0.3 is 15.1 Å². The number of halogens is 2. The summed E-state index contributed by atoms with van der Waals surface area (Å²) in [4.78, 5) is 30.4. The Balaban J connectivity index is 0.00000264. The average molecular weight is 383 g/mol. The van der Waals surface area contributed by atoms with Gasteiger partial charge in [-0.2, -0.15) is 0 Å². The maximum Gasteiger partial charge on any atom is 0.236 e. The lowest BCUT2D eigenvalue weighted by atomic mass is 10.1. The molecule has 8 heteroatoms. The summed E-state index contributed by atoms with van der Waals surface area (Å²) in [6, 6.07) is 0.370. The first-order valence-corrected chi connectivity index (χ1v) is 8.65. The highest BCUT2D eigenvalue weighted by Crippen LogP contribution is 2.12. The highest BCUT2D eigenvalue weighted by Gasteiger charge is 2.26. The van der Waals surface area contributed by atoms with Crippen molar-refractivity contribution < 1.29 is 9.59 Å². The van der Waals surface area contributed by atoms with Crippen LogP contribution in [-0.2, 0) is 9.59 Å². The van der Waals surface area contributed by atoms with E-state index >= 15 is 0 Å². The highest BCUT2D eigenvalue weighted by atomic mass is 35.5. The van der Waals surface area contributed by atoms with Crippen LogP contribution < -0.4 is 5.32 Å². The van der Waals surface area contributed by atoms with Gasteiger partial charge in [0.05, 0.1) is 6.54 Å². The second-order valence-electron chi connectivity index (χ2n) is 6.22. The van der Waals surface area contributed by atoms with Gasteiger partial charge in [0.1, 0.15) is 0 Å². The zero-order chi connectivity index (χ0) is 15.9. The van der Waals surface area contributed by atoms with Crippen molar-refractivity contribution in [3.05, 3.63) is 0 Å². The lowest BCUT2D eigenvalue weighted by Gasteiger charge is -2.35. The van der Waals surface area contributed by atoms with Gasteiger partial charge in [-0.3, -0.25) is 14.5 Å². The number of amides is 2. The molecular weight excluding hydrogens is 351 g/mol. The number of likely N-dealkylation sites (N-methyl/N-ethyl adjacent to an activating group) is 1. The molecule has 1 unspecified atom stereocenters. The van der Waals surface area contributed by atoms with Crippen molar-refractivity contribution in [2.75, 3.05) is 52.4 Å². The standard InChI is InChI=1S/C16H30N4O2.2ClH/c1-3-19(4-2)16(22)13-18-8-10-20(11-9-18)15(21)12-14-6-5-7-17-14;;/h14,17H,3-13H2,1-2H3;2*1H. The van der Waals surface area contributed by atoms with Crippen LogP contribution in [0, 0.1) is 0 Å². The van der Waals surface area contributed by atoms with Crippen molar-refractivity contribution in [3.63, 3.8) is 0 Å². The number of hydrogen-bond donors (Lipinski definition) is 1. The third kappa shape index (κ3) is 6.75. The van der Waals surface area contributed by atoms with Gasteiger partial charge in [-0.05, 0) is 33.2 Å². The monoisotopic (exact) mass is 382 g/mol. The first-order chi connectivity index (χ1) is 10.6. The fraction of sp³-hybridized carbons (Fsp3) is 0.875. The topological polar surface area (TPSA) is 55.9 Å². The van der Waals surface area contributed by atoms with Gasteiger partial charge >= 0.3 is 0 Å². The Morgan fingerprint density at radius 2 is 1.71 bits per heavy atom. The number of carbonyl (C=O) groups is 2. The Morgan fingerprint density at radius 1 is 1.08 bits per heavy atom. The normalized spacial score (nSPS) is 20.9. The van der Waals surface area contributed by atoms with E-state index in [4.69, 9.17) is 0 Å². The number of nitrogens with one attached hydrogen (secondary N) is 1. The van der Waals surface area contributed by atoms with Crippen molar-refractivity contribution in [1.29, 1.82) is 0 Å². The minimum Gasteiger partial charge on any atom is -0.342 e. The molecule has 0 spiro atoms. The molecule has 2 saturated heterocycles. The van der Waals surface area contributed by atoms with Gasteiger partial charge in [-0.1, -0.05) is 0 Å². The molecule has 142 valence electrons. The van der Waals surface area contributed by atoms with Gasteiger partial charge in [-0.15, -0.1) is 24.8 Å². The Morgan fingerprint density at radius 3 is 2.21 bits per heavy atom. The molecule has 1 N–H and O–H groups in total. The van der Waals surface area contributed by atoms with Gasteiger partial charge in [-0.25, -0.2) is 0 Å². The number of piperazine rings is 1. The molecule has 1 atom stereocenters. The van der Waals surface area contributed by atoms with E-state index in [1.54, 1.807) is 0 Å². The van der Waals surface area contributed by atoms with Gasteiger partial charge in [0.15, 0.2) is 0 Å². The first-order valence-electron chi connectivity index (χ1n) is 8.65. The number of hydrogen-bond acceptors (Lipinski definition) is 4. The van der Waals surface area contributed by atoms with Crippen LogP contribution in [0.2, 0.25) is 0 Å². The summed E-state index contributed by atoms with van der Waals surface area (Å²) in [7, 11) is 0. The lowest BCUT2D eigenvalue weighted by molar-refractivity contribution is -0.135. The Hall–Kier alpha value is -0.560. The zero-order valence-electron chi connectivity index (χ0n) is 14.8. The predicted molar refractivity (Wildman–Crippen MR) is 101 cm³/mol. The fourth-order valence-electron chi connectivity index (χ4n) is 3.29. The van der Waals surface area contributed by atoms with E-state index in [-0.39, 0.29) is 36.6 Å². The zero-order valence-corrected chi connectivity index (χ0v) is 16.5. The van der Waals surface area contributed by atoms with Crippen LogP contribution in [0.3, 0.4) is 0 Å². The van der Waals surface area contributed by atoms with Gasteiger partial charge in [0, 0.05) is 51.7 Å². The molecule has 0 saturated carbocycles. The van der Waals surface area contributed by atoms with E-state index in [1.165, 1.54) is 6.42 Å². The van der Waals surface area contributed by atoms with E-state index in [0.29, 0.717) is 19.0 Å². The molecule has 0 radical (unpaired) electrons. The SMILES string of the molecule is CCN(CC)C(=O)CN1CCN(C(=O)CC2CCCN2)CC1.Cl.Cl. The molecule has 0 aromatic carbocycles. The molecule has 6 nitrogen and oxygen atoms in total. The molecule has 0 aliphatic carbocycles. The highest BCUT2D eigenvalue weighted by molar-refractivity contribution is 5.85. The summed E-state index contributed by atoms with van der Waals surface area (Å²) in [5.41, 5.74) is 0. The third-order valence-corrected chi connectivity index (χ3v) is 4.78. The van der Waals surface area contributed by atoms with Crippen LogP contribution in [0.1, 0.15) is 33.1 Å². The molecule has 2 heterocycles. The van der Waals surface area contributed by atoms with E-state index < -0.39 is 0 Å². The van der Waals surface area contributed by atoms with Crippen LogP contribution in [0.5, 0.6) is 0 Å². The lowest BCUT2D eigenvalue weighted by Crippen LogP contribution is -2.52. The minimum atomic E-state index is 0. The van der Waals surface area contributed by atoms with Gasteiger partial charge in [0.2, 0.25) is 11.8 Å². The maximum atomic E-state index is 12.3. The molecule has 2 aliphatic heterocycles. The van der Waals surface area contributed by atoms with Crippen molar-refractivity contribution in [3.8, 4) is 0 Å². The first kappa shape index (κ1) is 23.4. The van der Waals surface area contributed by atoms with Crippen LogP contribution in [0.25, 0.3) is 0 Å². The summed E-state index contributed by atoms with van der Waals surface area (Å²) in [5.74, 6) is 0.453. The van der Waals surface area contributed by atoms with Crippen molar-refractivity contribution in [1.82, 2.24) is 20.0 Å². The molecule has 0 aromatic heterocycles. The minimum absolute atomic E-state index is 0. The quantitative estimate of drug-likeness (QED) is 0.743. The summed E-state index contributed by atoms with van der Waals surface area (Å²) in [6.45, 7) is 10.2. The van der Waals surface area contributed by atoms with E-state index in [1.807, 2.05) is 23.6 Å². The van der Waals surface area contributed by atoms with Crippen LogP contribution in [0.15, 0.2) is 0 Å². The van der Waals surface area contributed by atoms with E-state index in [2.05, 4.69) is 10.2 Å². The van der Waals surface area contributed by atoms with Crippen molar-refractivity contribution in [2.24, 2.45) is 0 Å². The molecule has 24 heavy (non-hydrogen) atoms. The van der Waals surface area contributed by atoms with E-state index in [9.17, 15) is 9.59 Å². The number of nitrogens with zero attached hydrogens (tertiary/aromatic N) is 3. The van der Waals surface area contributed by atoms with Crippen LogP contribution in [-0.4, -0.2) is 84.9 Å². The fourth-order valence-corrected chi connectivity index (χ4v) is 3.29. The Labute approximate surface area is 158 Å². The molecule has 2 amide bonds. The molecule has 2 aliphatic rings. The van der Waals surface area contributed by atoms with Crippen molar-refractivity contribution >= 4 is 36.6 Å². The summed E-state index contributed by atoms with van der Waals surface area (Å²) >= 11 is 0. The Kier molecular flexibility index (Phi) is 11.6. The van der Waals surface area contributed by atoms with Gasteiger partial charge in [0.25, 0.3) is 0 Å². The second-order valence-corrected chi connectivity index (χ2v) is 6.22. The molecule has 0 bridgehead atoms. The molecular formula is C16H32Cl2N4O2. The molecule has 2 fully saturated rings. The predicted octanol–water partition coefficient (Wildman–Crippen LogP) is 0.985. The van der Waals surface area contributed by atoms with Crippen LogP contribution >= 0.6 is 24.8 Å². The third-order valence-electron chi connectivity index (χ3n) is 4.78. The molecule has 0 aromatic rings.